The highest BCUT2D eigenvalue weighted by Crippen LogP contribution is 2.40. The van der Waals surface area contributed by atoms with Crippen molar-refractivity contribution in [1.82, 2.24) is 4.90 Å². The molecule has 4 rings (SSSR count). The summed E-state index contributed by atoms with van der Waals surface area (Å²) in [5.74, 6) is -2.41. The van der Waals surface area contributed by atoms with Gasteiger partial charge in [0.2, 0.25) is 0 Å². The number of hydrogen-bond acceptors (Lipinski definition) is 3. The lowest BCUT2D eigenvalue weighted by molar-refractivity contribution is -0.151. The molecule has 1 heterocycles. The lowest BCUT2D eigenvalue weighted by atomic mass is 9.86. The van der Waals surface area contributed by atoms with Gasteiger partial charge in [-0.05, 0) is 54.4 Å². The van der Waals surface area contributed by atoms with E-state index in [9.17, 15) is 18.7 Å². The first kappa shape index (κ1) is 23.5. The Morgan fingerprint density at radius 2 is 1.48 bits per heavy atom. The average Bonchev–Trinajstić information content (AvgIpc) is 2.74. The molecule has 0 aromatic heterocycles. The zero-order valence-corrected chi connectivity index (χ0v) is 19.3. The van der Waals surface area contributed by atoms with Crippen LogP contribution in [-0.4, -0.2) is 41.1 Å². The number of aliphatic carboxylic acids is 1. The minimum absolute atomic E-state index is 0.320. The van der Waals surface area contributed by atoms with E-state index in [1.165, 1.54) is 12.1 Å². The molecule has 3 aromatic carbocycles. The van der Waals surface area contributed by atoms with Crippen molar-refractivity contribution in [2.24, 2.45) is 0 Å². The molecule has 1 fully saturated rings. The molecule has 0 spiro atoms. The molecule has 2 unspecified atom stereocenters. The number of hydrogen-bond donors (Lipinski definition) is 1. The molecule has 1 saturated heterocycles. The van der Waals surface area contributed by atoms with E-state index in [2.05, 4.69) is 0 Å². The maximum Gasteiger partial charge on any atom is 0.323 e. The molecule has 0 amide bonds. The molecular formula is C25H22Cl2F2N2O2. The van der Waals surface area contributed by atoms with Gasteiger partial charge in [0, 0.05) is 34.9 Å². The summed E-state index contributed by atoms with van der Waals surface area (Å²) < 4.78 is 27.7. The van der Waals surface area contributed by atoms with E-state index in [4.69, 9.17) is 23.2 Å². The third-order valence-electron chi connectivity index (χ3n) is 6.00. The van der Waals surface area contributed by atoms with E-state index in [0.717, 1.165) is 17.2 Å². The standard InChI is InChI=1S/C25H22Cl2F2N2O2/c1-2-30(21-12-19(28)11-20(29)13-21)22-14-31(24(22)25(32)33)23(15-3-7-17(26)8-4-15)16-5-9-18(27)10-6-16/h3-13,22-24H,2,14H2,1H3,(H,32,33). The summed E-state index contributed by atoms with van der Waals surface area (Å²) in [4.78, 5) is 16.0. The second kappa shape index (κ2) is 9.67. The van der Waals surface area contributed by atoms with Gasteiger partial charge < -0.3 is 10.0 Å². The maximum absolute atomic E-state index is 13.9. The van der Waals surface area contributed by atoms with Gasteiger partial charge in [0.1, 0.15) is 17.7 Å². The Labute approximate surface area is 201 Å². The molecule has 1 N–H and O–H groups in total. The number of carboxylic acid groups (broad SMARTS) is 1. The predicted molar refractivity (Wildman–Crippen MR) is 126 cm³/mol. The highest BCUT2D eigenvalue weighted by Gasteiger charge is 2.50. The molecule has 0 aliphatic carbocycles. The summed E-state index contributed by atoms with van der Waals surface area (Å²) in [5.41, 5.74) is 2.08. The van der Waals surface area contributed by atoms with Crippen molar-refractivity contribution in [3.05, 3.63) is 99.5 Å². The Kier molecular flexibility index (Phi) is 6.88. The molecule has 1 aliphatic rings. The van der Waals surface area contributed by atoms with Crippen LogP contribution in [0.2, 0.25) is 10.0 Å². The molecule has 0 saturated carbocycles. The smallest absolute Gasteiger partial charge is 0.323 e. The van der Waals surface area contributed by atoms with Gasteiger partial charge in [-0.3, -0.25) is 9.69 Å². The van der Waals surface area contributed by atoms with E-state index in [0.29, 0.717) is 28.8 Å². The fourth-order valence-electron chi connectivity index (χ4n) is 4.53. The molecule has 1 aliphatic heterocycles. The number of benzene rings is 3. The van der Waals surface area contributed by atoms with Crippen LogP contribution in [0, 0.1) is 11.6 Å². The summed E-state index contributed by atoms with van der Waals surface area (Å²) in [6.45, 7) is 2.62. The van der Waals surface area contributed by atoms with Crippen molar-refractivity contribution in [3.63, 3.8) is 0 Å². The van der Waals surface area contributed by atoms with Crippen molar-refractivity contribution in [2.75, 3.05) is 18.0 Å². The van der Waals surface area contributed by atoms with Gasteiger partial charge in [0.25, 0.3) is 0 Å². The number of anilines is 1. The average molecular weight is 491 g/mol. The molecule has 0 radical (unpaired) electrons. The van der Waals surface area contributed by atoms with E-state index < -0.39 is 29.7 Å². The second-order valence-electron chi connectivity index (χ2n) is 7.97. The fraction of sp³-hybridized carbons (Fsp3) is 0.240. The highest BCUT2D eigenvalue weighted by atomic mass is 35.5. The minimum Gasteiger partial charge on any atom is -0.480 e. The Bertz CT molecular complexity index is 1080. The lowest BCUT2D eigenvalue weighted by Gasteiger charge is -2.54. The van der Waals surface area contributed by atoms with Crippen molar-refractivity contribution in [2.45, 2.75) is 25.0 Å². The first-order chi connectivity index (χ1) is 15.8. The first-order valence-corrected chi connectivity index (χ1v) is 11.3. The third kappa shape index (κ3) is 4.83. The second-order valence-corrected chi connectivity index (χ2v) is 8.84. The van der Waals surface area contributed by atoms with E-state index >= 15 is 0 Å². The van der Waals surface area contributed by atoms with Crippen LogP contribution in [0.4, 0.5) is 14.5 Å². The van der Waals surface area contributed by atoms with Gasteiger partial charge in [-0.25, -0.2) is 8.78 Å². The highest BCUT2D eigenvalue weighted by molar-refractivity contribution is 6.30. The topological polar surface area (TPSA) is 43.8 Å². The SMILES string of the molecule is CCN(c1cc(F)cc(F)c1)C1CN(C(c2ccc(Cl)cc2)c2ccc(Cl)cc2)C1C(=O)O. The Balaban J connectivity index is 1.71. The number of likely N-dealkylation sites (N-methyl/N-ethyl adjacent to an activating group) is 1. The van der Waals surface area contributed by atoms with Crippen LogP contribution < -0.4 is 4.90 Å². The molecule has 0 bridgehead atoms. The molecular weight excluding hydrogens is 469 g/mol. The van der Waals surface area contributed by atoms with Crippen molar-refractivity contribution >= 4 is 34.9 Å². The van der Waals surface area contributed by atoms with E-state index in [-0.39, 0.29) is 6.04 Å². The van der Waals surface area contributed by atoms with Gasteiger partial charge in [0.15, 0.2) is 0 Å². The number of rotatable bonds is 7. The quantitative estimate of drug-likeness (QED) is 0.439. The van der Waals surface area contributed by atoms with Crippen molar-refractivity contribution in [3.8, 4) is 0 Å². The number of carbonyl (C=O) groups is 1. The van der Waals surface area contributed by atoms with Crippen LogP contribution in [-0.2, 0) is 4.79 Å². The molecule has 8 heteroatoms. The molecule has 4 nitrogen and oxygen atoms in total. The zero-order valence-electron chi connectivity index (χ0n) is 17.8. The summed E-state index contributed by atoms with van der Waals surface area (Å²) in [7, 11) is 0. The number of halogens is 4. The first-order valence-electron chi connectivity index (χ1n) is 10.5. The number of likely N-dealkylation sites (tertiary alicyclic amines) is 1. The molecule has 2 atom stereocenters. The Morgan fingerprint density at radius 1 is 1.00 bits per heavy atom. The lowest BCUT2D eigenvalue weighted by Crippen LogP contribution is -2.70. The minimum atomic E-state index is -1.01. The Hall–Kier alpha value is -2.67. The predicted octanol–water partition coefficient (Wildman–Crippen LogP) is 6.02. The van der Waals surface area contributed by atoms with Crippen LogP contribution in [0.5, 0.6) is 0 Å². The van der Waals surface area contributed by atoms with Crippen LogP contribution in [0.25, 0.3) is 0 Å². The molecule has 3 aromatic rings. The third-order valence-corrected chi connectivity index (χ3v) is 6.50. The van der Waals surface area contributed by atoms with Gasteiger partial charge >= 0.3 is 5.97 Å². The fourth-order valence-corrected chi connectivity index (χ4v) is 4.79. The van der Waals surface area contributed by atoms with Crippen LogP contribution in [0.3, 0.4) is 0 Å². The molecule has 172 valence electrons. The van der Waals surface area contributed by atoms with Crippen LogP contribution >= 0.6 is 23.2 Å². The van der Waals surface area contributed by atoms with Gasteiger partial charge in [-0.1, -0.05) is 47.5 Å². The zero-order chi connectivity index (χ0) is 23.7. The van der Waals surface area contributed by atoms with Crippen LogP contribution in [0.1, 0.15) is 24.1 Å². The van der Waals surface area contributed by atoms with Crippen molar-refractivity contribution in [1.29, 1.82) is 0 Å². The van der Waals surface area contributed by atoms with E-state index in [1.807, 2.05) is 36.1 Å². The van der Waals surface area contributed by atoms with Crippen LogP contribution in [0.15, 0.2) is 66.7 Å². The normalized spacial score (nSPS) is 18.2. The summed E-state index contributed by atoms with van der Waals surface area (Å²) in [6, 6.07) is 16.1. The van der Waals surface area contributed by atoms with Gasteiger partial charge in [0.05, 0.1) is 12.1 Å². The summed E-state index contributed by atoms with van der Waals surface area (Å²) in [5, 5.41) is 11.3. The number of nitrogens with zero attached hydrogens (tertiary/aromatic N) is 2. The number of carboxylic acids is 1. The summed E-state index contributed by atoms with van der Waals surface area (Å²) in [6.07, 6.45) is 0. The van der Waals surface area contributed by atoms with Gasteiger partial charge in [-0.15, -0.1) is 0 Å². The molecule has 33 heavy (non-hydrogen) atoms. The largest absolute Gasteiger partial charge is 0.480 e. The van der Waals surface area contributed by atoms with Crippen molar-refractivity contribution < 1.29 is 18.7 Å². The van der Waals surface area contributed by atoms with E-state index in [1.54, 1.807) is 29.2 Å². The monoisotopic (exact) mass is 490 g/mol. The van der Waals surface area contributed by atoms with Gasteiger partial charge in [-0.2, -0.15) is 0 Å². The Morgan fingerprint density at radius 3 is 1.91 bits per heavy atom. The maximum atomic E-state index is 13.9. The summed E-state index contributed by atoms with van der Waals surface area (Å²) >= 11 is 12.1.